The minimum absolute atomic E-state index is 0.381. The molecule has 1 heterocycles. The molecule has 0 saturated carbocycles. The molecule has 0 radical (unpaired) electrons. The summed E-state index contributed by atoms with van der Waals surface area (Å²) in [7, 11) is 1.75. The number of pyridine rings is 1. The van der Waals surface area contributed by atoms with Crippen LogP contribution in [-0.4, -0.2) is 25.2 Å². The van der Waals surface area contributed by atoms with Crippen LogP contribution in [0.3, 0.4) is 0 Å². The summed E-state index contributed by atoms with van der Waals surface area (Å²) in [5.41, 5.74) is 2.37. The van der Waals surface area contributed by atoms with Gasteiger partial charge in [0.25, 0.3) is 0 Å². The van der Waals surface area contributed by atoms with Crippen LogP contribution in [0.4, 0.5) is 0 Å². The molecule has 1 unspecified atom stereocenters. The van der Waals surface area contributed by atoms with Crippen molar-refractivity contribution >= 4 is 10.9 Å². The lowest BCUT2D eigenvalue weighted by Crippen LogP contribution is -2.21. The summed E-state index contributed by atoms with van der Waals surface area (Å²) in [6.45, 7) is 3.92. The van der Waals surface area contributed by atoms with Gasteiger partial charge < -0.3 is 10.1 Å². The van der Waals surface area contributed by atoms with Gasteiger partial charge in [-0.25, -0.2) is 0 Å². The fourth-order valence-corrected chi connectivity index (χ4v) is 2.36. The molecule has 3 heteroatoms. The van der Waals surface area contributed by atoms with Gasteiger partial charge in [0.15, 0.2) is 0 Å². The van der Waals surface area contributed by atoms with Gasteiger partial charge in [0.1, 0.15) is 0 Å². The van der Waals surface area contributed by atoms with Crippen molar-refractivity contribution in [2.45, 2.75) is 25.8 Å². The molecule has 1 N–H and O–H groups in total. The number of fused-ring (bicyclic) bond motifs is 1. The first kappa shape index (κ1) is 14.0. The van der Waals surface area contributed by atoms with Gasteiger partial charge in [-0.15, -0.1) is 0 Å². The number of hydrogen-bond acceptors (Lipinski definition) is 3. The average molecular weight is 258 g/mol. The highest BCUT2D eigenvalue weighted by Gasteiger charge is 2.10. The highest BCUT2D eigenvalue weighted by atomic mass is 16.5. The quantitative estimate of drug-likeness (QED) is 0.774. The fraction of sp³-hybridized carbons (Fsp3) is 0.438. The Morgan fingerprint density at radius 1 is 1.32 bits per heavy atom. The topological polar surface area (TPSA) is 34.1 Å². The maximum absolute atomic E-state index is 5.14. The Kier molecular flexibility index (Phi) is 5.31. The van der Waals surface area contributed by atoms with Crippen molar-refractivity contribution in [2.75, 3.05) is 20.3 Å². The lowest BCUT2D eigenvalue weighted by molar-refractivity contribution is 0.189. The number of rotatable bonds is 7. The molecule has 102 valence electrons. The molecule has 0 saturated heterocycles. The summed E-state index contributed by atoms with van der Waals surface area (Å²) in [5.74, 6) is 0. The number of ether oxygens (including phenoxy) is 1. The van der Waals surface area contributed by atoms with E-state index in [1.807, 2.05) is 12.3 Å². The van der Waals surface area contributed by atoms with E-state index in [0.717, 1.165) is 31.5 Å². The minimum Gasteiger partial charge on any atom is -0.385 e. The molecule has 1 aromatic carbocycles. The molecular weight excluding hydrogens is 236 g/mol. The largest absolute Gasteiger partial charge is 0.385 e. The van der Waals surface area contributed by atoms with E-state index in [9.17, 15) is 0 Å². The number of methoxy groups -OCH3 is 1. The van der Waals surface area contributed by atoms with E-state index in [-0.39, 0.29) is 0 Å². The van der Waals surface area contributed by atoms with Crippen LogP contribution in [0, 0.1) is 0 Å². The van der Waals surface area contributed by atoms with Gasteiger partial charge >= 0.3 is 0 Å². The van der Waals surface area contributed by atoms with Crippen LogP contribution in [0.5, 0.6) is 0 Å². The van der Waals surface area contributed by atoms with E-state index in [0.29, 0.717) is 6.04 Å². The second-order valence-electron chi connectivity index (χ2n) is 4.70. The predicted octanol–water partition coefficient (Wildman–Crippen LogP) is 3.31. The molecule has 0 bridgehead atoms. The standard InChI is InChI=1S/C16H22N2O/c1-3-17-15(7-5-11-19-2)14-9-8-13-6-4-10-18-16(13)12-14/h4,6,8-10,12,15,17H,3,5,7,11H2,1-2H3. The normalized spacial score (nSPS) is 12.7. The Morgan fingerprint density at radius 3 is 3.00 bits per heavy atom. The van der Waals surface area contributed by atoms with Crippen molar-refractivity contribution in [3.8, 4) is 0 Å². The Hall–Kier alpha value is -1.45. The monoisotopic (exact) mass is 258 g/mol. The van der Waals surface area contributed by atoms with Crippen molar-refractivity contribution in [3.05, 3.63) is 42.1 Å². The molecule has 0 fully saturated rings. The lowest BCUT2D eigenvalue weighted by atomic mass is 10.0. The van der Waals surface area contributed by atoms with Crippen LogP contribution in [-0.2, 0) is 4.74 Å². The maximum Gasteiger partial charge on any atom is 0.0705 e. The predicted molar refractivity (Wildman–Crippen MR) is 79.3 cm³/mol. The van der Waals surface area contributed by atoms with Gasteiger partial charge in [0.2, 0.25) is 0 Å². The third-order valence-corrected chi connectivity index (χ3v) is 3.32. The Bertz CT molecular complexity index is 513. The van der Waals surface area contributed by atoms with Crippen molar-refractivity contribution in [1.29, 1.82) is 0 Å². The molecular formula is C16H22N2O. The van der Waals surface area contributed by atoms with Crippen molar-refractivity contribution in [1.82, 2.24) is 10.3 Å². The summed E-state index contributed by atoms with van der Waals surface area (Å²) in [5, 5.41) is 4.73. The maximum atomic E-state index is 5.14. The zero-order valence-corrected chi connectivity index (χ0v) is 11.7. The third kappa shape index (κ3) is 3.75. The van der Waals surface area contributed by atoms with Crippen molar-refractivity contribution in [2.24, 2.45) is 0 Å². The molecule has 19 heavy (non-hydrogen) atoms. The summed E-state index contributed by atoms with van der Waals surface area (Å²) in [6.07, 6.45) is 3.99. The van der Waals surface area contributed by atoms with Gasteiger partial charge in [-0.3, -0.25) is 4.98 Å². The van der Waals surface area contributed by atoms with Crippen molar-refractivity contribution in [3.63, 3.8) is 0 Å². The SMILES string of the molecule is CCNC(CCCOC)c1ccc2cccnc2c1. The highest BCUT2D eigenvalue weighted by Crippen LogP contribution is 2.22. The van der Waals surface area contributed by atoms with Crippen LogP contribution < -0.4 is 5.32 Å². The smallest absolute Gasteiger partial charge is 0.0705 e. The average Bonchev–Trinajstić information content (AvgIpc) is 2.46. The van der Waals surface area contributed by atoms with Crippen LogP contribution in [0.1, 0.15) is 31.4 Å². The first-order valence-electron chi connectivity index (χ1n) is 6.92. The van der Waals surface area contributed by atoms with Crippen LogP contribution >= 0.6 is 0 Å². The minimum atomic E-state index is 0.381. The van der Waals surface area contributed by atoms with E-state index >= 15 is 0 Å². The summed E-state index contributed by atoms with van der Waals surface area (Å²) in [4.78, 5) is 4.43. The van der Waals surface area contributed by atoms with E-state index in [1.165, 1.54) is 10.9 Å². The third-order valence-electron chi connectivity index (χ3n) is 3.32. The molecule has 2 rings (SSSR count). The second-order valence-corrected chi connectivity index (χ2v) is 4.70. The number of aromatic nitrogens is 1. The van der Waals surface area contributed by atoms with E-state index in [4.69, 9.17) is 4.74 Å². The molecule has 0 aliphatic carbocycles. The summed E-state index contributed by atoms with van der Waals surface area (Å²) < 4.78 is 5.14. The molecule has 0 spiro atoms. The summed E-state index contributed by atoms with van der Waals surface area (Å²) >= 11 is 0. The number of nitrogens with one attached hydrogen (secondary N) is 1. The Labute approximate surface area is 115 Å². The van der Waals surface area contributed by atoms with Crippen LogP contribution in [0.2, 0.25) is 0 Å². The van der Waals surface area contributed by atoms with Crippen molar-refractivity contribution < 1.29 is 4.74 Å². The number of nitrogens with zero attached hydrogens (tertiary/aromatic N) is 1. The molecule has 0 aliphatic heterocycles. The first-order valence-corrected chi connectivity index (χ1v) is 6.92. The van der Waals surface area contributed by atoms with E-state index in [2.05, 4.69) is 41.5 Å². The number of benzene rings is 1. The molecule has 0 aliphatic rings. The Morgan fingerprint density at radius 2 is 2.21 bits per heavy atom. The van der Waals surface area contributed by atoms with Gasteiger partial charge in [-0.1, -0.05) is 25.1 Å². The van der Waals surface area contributed by atoms with Gasteiger partial charge in [-0.2, -0.15) is 0 Å². The number of hydrogen-bond donors (Lipinski definition) is 1. The van der Waals surface area contributed by atoms with Crippen LogP contribution in [0.15, 0.2) is 36.5 Å². The Balaban J connectivity index is 2.17. The molecule has 1 aromatic heterocycles. The highest BCUT2D eigenvalue weighted by molar-refractivity contribution is 5.78. The first-order chi connectivity index (χ1) is 9.35. The molecule has 3 nitrogen and oxygen atoms in total. The molecule has 2 aromatic rings. The second kappa shape index (κ2) is 7.22. The van der Waals surface area contributed by atoms with Crippen LogP contribution in [0.25, 0.3) is 10.9 Å². The zero-order valence-electron chi connectivity index (χ0n) is 11.7. The molecule has 0 amide bonds. The zero-order chi connectivity index (χ0) is 13.5. The molecule has 1 atom stereocenters. The van der Waals surface area contributed by atoms with E-state index in [1.54, 1.807) is 7.11 Å². The van der Waals surface area contributed by atoms with Gasteiger partial charge in [0, 0.05) is 31.3 Å². The fourth-order valence-electron chi connectivity index (χ4n) is 2.36. The van der Waals surface area contributed by atoms with Gasteiger partial charge in [-0.05, 0) is 37.1 Å². The lowest BCUT2D eigenvalue weighted by Gasteiger charge is -2.18. The van der Waals surface area contributed by atoms with Gasteiger partial charge in [0.05, 0.1) is 5.52 Å². The summed E-state index contributed by atoms with van der Waals surface area (Å²) in [6, 6.07) is 11.0. The van der Waals surface area contributed by atoms with E-state index < -0.39 is 0 Å².